The van der Waals surface area contributed by atoms with E-state index in [-0.39, 0.29) is 3.79 Å². The minimum absolute atomic E-state index is 0.110. The maximum atomic E-state index is 2.54. The third-order valence-electron chi connectivity index (χ3n) is 0.567. The molecule has 7 heavy (non-hydrogen) atoms. The Morgan fingerprint density at radius 3 is 1.29 bits per heavy atom. The molecule has 0 amide bonds. The molecule has 0 aromatic rings. The highest BCUT2D eigenvalue weighted by Crippen LogP contribution is 2.34. The maximum absolute atomic E-state index is 2.54. The minimum atomic E-state index is -0.110. The van der Waals surface area contributed by atoms with Gasteiger partial charge in [-0.2, -0.15) is 0 Å². The van der Waals surface area contributed by atoms with Crippen LogP contribution < -0.4 is 0 Å². The van der Waals surface area contributed by atoms with E-state index in [9.17, 15) is 0 Å². The van der Waals surface area contributed by atoms with Crippen molar-refractivity contribution in [3.8, 4) is 0 Å². The Morgan fingerprint density at radius 1 is 1.14 bits per heavy atom. The Balaban J connectivity index is 3.54. The molecule has 0 rings (SSSR count). The van der Waals surface area contributed by atoms with E-state index < -0.39 is 0 Å². The molecule has 0 N–H and O–H groups in total. The average Bonchev–Trinajstić information content (AvgIpc) is 1.31. The molecule has 0 aromatic carbocycles. The van der Waals surface area contributed by atoms with E-state index in [4.69, 9.17) is 0 Å². The van der Waals surface area contributed by atoms with E-state index in [1.165, 1.54) is 0 Å². The Labute approximate surface area is 72.5 Å². The number of rotatable bonds is 0. The second-order valence-corrected chi connectivity index (χ2v) is 17.2. The van der Waals surface area contributed by atoms with Gasteiger partial charge < -0.3 is 0 Å². The van der Waals surface area contributed by atoms with Gasteiger partial charge in [-0.3, -0.25) is 0 Å². The van der Waals surface area contributed by atoms with Crippen LogP contribution in [-0.2, 0) is 0 Å². The lowest BCUT2D eigenvalue weighted by atomic mass is 10.3. The van der Waals surface area contributed by atoms with Crippen molar-refractivity contribution in [2.45, 2.75) is 25.8 Å². The van der Waals surface area contributed by atoms with Crippen molar-refractivity contribution in [1.82, 2.24) is 0 Å². The lowest BCUT2D eigenvalue weighted by Crippen LogP contribution is -2.09. The van der Waals surface area contributed by atoms with Crippen molar-refractivity contribution < 1.29 is 0 Å². The SMILES string of the molecule is CC(C)(C)[Si](I)I. The fourth-order valence-corrected chi connectivity index (χ4v) is 0. The zero-order valence-electron chi connectivity index (χ0n) is 4.76. The van der Waals surface area contributed by atoms with E-state index in [1.807, 2.05) is 0 Å². The standard InChI is InChI=1S/C4H9I2Si/c1-4(2,3)7(5)6/h1-3H3. The summed E-state index contributed by atoms with van der Waals surface area (Å²) in [7, 11) is 0. The number of hydrogen-bond acceptors (Lipinski definition) is 0. The molecule has 0 aliphatic rings. The summed E-state index contributed by atoms with van der Waals surface area (Å²) in [6.45, 7) is 6.88. The molecule has 0 nitrogen and oxygen atoms in total. The first kappa shape index (κ1) is 8.68. The van der Waals surface area contributed by atoms with Crippen molar-refractivity contribution in [1.29, 1.82) is 0 Å². The van der Waals surface area contributed by atoms with Gasteiger partial charge in [-0.15, -0.1) is 43.6 Å². The van der Waals surface area contributed by atoms with Crippen LogP contribution in [0.3, 0.4) is 0 Å². The van der Waals surface area contributed by atoms with E-state index >= 15 is 0 Å². The van der Waals surface area contributed by atoms with Gasteiger partial charge in [0, 0.05) is 0 Å². The Kier molecular flexibility index (Phi) is 3.72. The summed E-state index contributed by atoms with van der Waals surface area (Å²) < 4.78 is -0.110. The molecular weight excluding hydrogens is 330 g/mol. The minimum Gasteiger partial charge on any atom is -0.106 e. The fourth-order valence-electron chi connectivity index (χ4n) is 0. The second-order valence-electron chi connectivity index (χ2n) is 2.51. The summed E-state index contributed by atoms with van der Waals surface area (Å²) in [6, 6.07) is 0. The first-order valence-electron chi connectivity index (χ1n) is 2.13. The zero-order chi connectivity index (χ0) is 6.08. The number of hydrogen-bond donors (Lipinski definition) is 0. The zero-order valence-corrected chi connectivity index (χ0v) is 10.1. The lowest BCUT2D eigenvalue weighted by Gasteiger charge is -2.16. The summed E-state index contributed by atoms with van der Waals surface area (Å²) in [4.78, 5) is 0. The van der Waals surface area contributed by atoms with Crippen molar-refractivity contribution in [3.05, 3.63) is 0 Å². The second kappa shape index (κ2) is 3.00. The van der Waals surface area contributed by atoms with Gasteiger partial charge in [-0.05, 0) is 5.04 Å². The van der Waals surface area contributed by atoms with Crippen LogP contribution >= 0.6 is 43.6 Å². The van der Waals surface area contributed by atoms with Gasteiger partial charge in [-0.1, -0.05) is 20.8 Å². The Morgan fingerprint density at radius 2 is 1.29 bits per heavy atom. The fraction of sp³-hybridized carbons (Fsp3) is 1.00. The maximum Gasteiger partial charge on any atom is 0.210 e. The molecule has 0 fully saturated rings. The van der Waals surface area contributed by atoms with Gasteiger partial charge in [0.25, 0.3) is 0 Å². The van der Waals surface area contributed by atoms with Crippen LogP contribution in [0.25, 0.3) is 0 Å². The summed E-state index contributed by atoms with van der Waals surface area (Å²) >= 11 is 5.08. The third-order valence-corrected chi connectivity index (χ3v) is 11.4. The molecule has 0 aliphatic carbocycles. The van der Waals surface area contributed by atoms with Crippen LogP contribution in [0.4, 0.5) is 0 Å². The highest BCUT2D eigenvalue weighted by atomic mass is 127. The van der Waals surface area contributed by atoms with E-state index in [0.717, 1.165) is 0 Å². The van der Waals surface area contributed by atoms with Crippen molar-refractivity contribution in [2.24, 2.45) is 0 Å². The average molecular weight is 339 g/mol. The molecular formula is C4H9I2Si. The largest absolute Gasteiger partial charge is 0.210 e. The molecule has 3 heteroatoms. The first-order chi connectivity index (χ1) is 2.94. The highest BCUT2D eigenvalue weighted by molar-refractivity contribution is 14.3. The molecule has 0 heterocycles. The Bertz CT molecular complexity index is 55.2. The van der Waals surface area contributed by atoms with Crippen molar-refractivity contribution in [3.63, 3.8) is 0 Å². The molecule has 0 spiro atoms. The van der Waals surface area contributed by atoms with E-state index in [1.54, 1.807) is 0 Å². The van der Waals surface area contributed by atoms with Crippen LogP contribution in [-0.4, -0.2) is 3.79 Å². The number of halogens is 2. The lowest BCUT2D eigenvalue weighted by molar-refractivity contribution is 0.764. The van der Waals surface area contributed by atoms with Gasteiger partial charge >= 0.3 is 0 Å². The molecule has 0 saturated heterocycles. The predicted molar refractivity (Wildman–Crippen MR) is 53.5 cm³/mol. The van der Waals surface area contributed by atoms with Crippen LogP contribution in [0.5, 0.6) is 0 Å². The molecule has 0 aliphatic heterocycles. The molecule has 0 atom stereocenters. The summed E-state index contributed by atoms with van der Waals surface area (Å²) in [5.74, 6) is 0. The summed E-state index contributed by atoms with van der Waals surface area (Å²) in [6.07, 6.45) is 0. The highest BCUT2D eigenvalue weighted by Gasteiger charge is 2.20. The molecule has 1 radical (unpaired) electrons. The molecule has 0 saturated carbocycles. The quantitative estimate of drug-likeness (QED) is 0.361. The summed E-state index contributed by atoms with van der Waals surface area (Å²) in [5, 5.41) is 0.575. The molecule has 43 valence electrons. The van der Waals surface area contributed by atoms with Crippen LogP contribution in [0, 0.1) is 0 Å². The van der Waals surface area contributed by atoms with Crippen LogP contribution in [0.2, 0.25) is 5.04 Å². The van der Waals surface area contributed by atoms with Crippen molar-refractivity contribution >= 4 is 47.4 Å². The van der Waals surface area contributed by atoms with E-state index in [2.05, 4.69) is 64.4 Å². The van der Waals surface area contributed by atoms with Crippen molar-refractivity contribution in [2.75, 3.05) is 0 Å². The Hall–Kier alpha value is 1.68. The normalized spacial score (nSPS) is 12.9. The molecule has 0 aromatic heterocycles. The van der Waals surface area contributed by atoms with Crippen LogP contribution in [0.1, 0.15) is 20.8 Å². The van der Waals surface area contributed by atoms with Gasteiger partial charge in [0.05, 0.1) is 0 Å². The van der Waals surface area contributed by atoms with Gasteiger partial charge in [0.2, 0.25) is 3.79 Å². The van der Waals surface area contributed by atoms with Gasteiger partial charge in [0.1, 0.15) is 0 Å². The summed E-state index contributed by atoms with van der Waals surface area (Å²) in [5.41, 5.74) is 0. The monoisotopic (exact) mass is 339 g/mol. The van der Waals surface area contributed by atoms with Crippen LogP contribution in [0.15, 0.2) is 0 Å². The first-order valence-corrected chi connectivity index (χ1v) is 9.86. The van der Waals surface area contributed by atoms with Gasteiger partial charge in [-0.25, -0.2) is 0 Å². The molecule has 0 bridgehead atoms. The smallest absolute Gasteiger partial charge is 0.106 e. The predicted octanol–water partition coefficient (Wildman–Crippen LogP) is 3.14. The van der Waals surface area contributed by atoms with Gasteiger partial charge in [0.15, 0.2) is 0 Å². The molecule has 0 unspecified atom stereocenters. The third kappa shape index (κ3) is 4.20. The van der Waals surface area contributed by atoms with E-state index in [0.29, 0.717) is 5.04 Å². The topological polar surface area (TPSA) is 0 Å².